The van der Waals surface area contributed by atoms with Gasteiger partial charge < -0.3 is 4.42 Å². The minimum absolute atomic E-state index is 0.338. The molecule has 164 valence electrons. The van der Waals surface area contributed by atoms with Crippen LogP contribution in [0, 0.1) is 0 Å². The third-order valence-electron chi connectivity index (χ3n) is 5.91. The Bertz CT molecular complexity index is 1260. The molecular weight excluding hydrogens is 467 g/mol. The summed E-state index contributed by atoms with van der Waals surface area (Å²) in [5.41, 5.74) is 3.30. The highest BCUT2D eigenvalue weighted by Crippen LogP contribution is 2.38. The van der Waals surface area contributed by atoms with E-state index in [1.54, 1.807) is 12.1 Å². The number of halogens is 3. The molecule has 5 nitrogen and oxygen atoms in total. The lowest BCUT2D eigenvalue weighted by molar-refractivity contribution is 0.456. The molecule has 4 aromatic rings. The molecule has 2 aromatic carbocycles. The Balaban J connectivity index is 1.70. The maximum absolute atomic E-state index is 6.58. The van der Waals surface area contributed by atoms with Gasteiger partial charge >= 0.3 is 0 Å². The summed E-state index contributed by atoms with van der Waals surface area (Å²) in [7, 11) is 0. The fraction of sp³-hybridized carbons (Fsp3) is 0.292. The molecular formula is C24H21Cl3N4O. The molecule has 1 aliphatic carbocycles. The van der Waals surface area contributed by atoms with Crippen molar-refractivity contribution in [2.24, 2.45) is 0 Å². The van der Waals surface area contributed by atoms with Gasteiger partial charge in [0.1, 0.15) is 11.5 Å². The van der Waals surface area contributed by atoms with Crippen molar-refractivity contribution in [3.05, 3.63) is 69.1 Å². The van der Waals surface area contributed by atoms with E-state index in [0.717, 1.165) is 29.8 Å². The van der Waals surface area contributed by atoms with Gasteiger partial charge in [0.25, 0.3) is 5.89 Å². The highest BCUT2D eigenvalue weighted by molar-refractivity contribution is 6.36. The van der Waals surface area contributed by atoms with E-state index < -0.39 is 0 Å². The smallest absolute Gasteiger partial charge is 0.268 e. The third kappa shape index (κ3) is 3.94. The molecule has 0 saturated heterocycles. The average Bonchev–Trinajstić information content (AvgIpc) is 3.53. The number of imidazole rings is 1. The van der Waals surface area contributed by atoms with Crippen LogP contribution in [-0.2, 0) is 6.42 Å². The second-order valence-electron chi connectivity index (χ2n) is 7.95. The monoisotopic (exact) mass is 486 g/mol. The lowest BCUT2D eigenvalue weighted by atomic mass is 10.1. The molecule has 0 spiro atoms. The van der Waals surface area contributed by atoms with Gasteiger partial charge in [0.2, 0.25) is 5.89 Å². The Morgan fingerprint density at radius 3 is 2.38 bits per heavy atom. The van der Waals surface area contributed by atoms with Crippen molar-refractivity contribution < 1.29 is 4.42 Å². The Hall–Kier alpha value is -2.34. The van der Waals surface area contributed by atoms with E-state index in [1.807, 2.05) is 30.3 Å². The Morgan fingerprint density at radius 1 is 0.969 bits per heavy atom. The first-order valence-corrected chi connectivity index (χ1v) is 11.8. The van der Waals surface area contributed by atoms with Crippen molar-refractivity contribution in [1.29, 1.82) is 0 Å². The van der Waals surface area contributed by atoms with Crippen LogP contribution in [0.15, 0.2) is 46.9 Å². The van der Waals surface area contributed by atoms with Gasteiger partial charge in [-0.05, 0) is 61.7 Å². The van der Waals surface area contributed by atoms with Crippen LogP contribution in [0.25, 0.3) is 28.7 Å². The largest absolute Gasteiger partial charge is 0.419 e. The zero-order valence-electron chi connectivity index (χ0n) is 17.5. The molecule has 0 N–H and O–H groups in total. The van der Waals surface area contributed by atoms with Crippen molar-refractivity contribution in [3.63, 3.8) is 0 Å². The molecule has 2 aromatic heterocycles. The summed E-state index contributed by atoms with van der Waals surface area (Å²) in [6.45, 7) is 2.08. The molecule has 0 aliphatic heterocycles. The zero-order valence-corrected chi connectivity index (χ0v) is 19.8. The molecule has 0 radical (unpaired) electrons. The topological polar surface area (TPSA) is 56.7 Å². The van der Waals surface area contributed by atoms with Crippen molar-refractivity contribution in [2.45, 2.75) is 44.9 Å². The fourth-order valence-electron chi connectivity index (χ4n) is 4.34. The van der Waals surface area contributed by atoms with Crippen LogP contribution in [0.4, 0.5) is 0 Å². The minimum Gasteiger partial charge on any atom is -0.419 e. The van der Waals surface area contributed by atoms with E-state index >= 15 is 0 Å². The SMILES string of the molecule is CCc1c(-c2nnc(C3CCCC3)o2)nc(-c2ccc(Cl)cc2Cl)n1-c1ccc(Cl)cc1. The maximum Gasteiger partial charge on any atom is 0.268 e. The summed E-state index contributed by atoms with van der Waals surface area (Å²) in [5.74, 6) is 2.15. The summed E-state index contributed by atoms with van der Waals surface area (Å²) in [5, 5.41) is 10.5. The van der Waals surface area contributed by atoms with Crippen molar-refractivity contribution >= 4 is 34.8 Å². The summed E-state index contributed by atoms with van der Waals surface area (Å²) < 4.78 is 8.20. The first-order chi connectivity index (χ1) is 15.5. The van der Waals surface area contributed by atoms with E-state index in [4.69, 9.17) is 44.2 Å². The first kappa shape index (κ1) is 21.5. The molecule has 2 heterocycles. The molecule has 0 bridgehead atoms. The van der Waals surface area contributed by atoms with Crippen molar-refractivity contribution in [3.8, 4) is 28.7 Å². The van der Waals surface area contributed by atoms with Crippen LogP contribution >= 0.6 is 34.8 Å². The summed E-state index contributed by atoms with van der Waals surface area (Å²) >= 11 is 18.9. The van der Waals surface area contributed by atoms with Crippen LogP contribution < -0.4 is 0 Å². The second-order valence-corrected chi connectivity index (χ2v) is 9.23. The molecule has 1 saturated carbocycles. The molecule has 1 aliphatic rings. The summed E-state index contributed by atoms with van der Waals surface area (Å²) in [6.07, 6.45) is 5.29. The lowest BCUT2D eigenvalue weighted by Gasteiger charge is -2.13. The normalized spacial score (nSPS) is 14.4. The fourth-order valence-corrected chi connectivity index (χ4v) is 4.96. The average molecular weight is 488 g/mol. The lowest BCUT2D eigenvalue weighted by Crippen LogP contribution is -2.02. The van der Waals surface area contributed by atoms with E-state index in [1.165, 1.54) is 12.8 Å². The van der Waals surface area contributed by atoms with Gasteiger partial charge in [0.15, 0.2) is 0 Å². The summed E-state index contributed by atoms with van der Waals surface area (Å²) in [6, 6.07) is 13.0. The predicted octanol–water partition coefficient (Wildman–Crippen LogP) is 7.77. The third-order valence-corrected chi connectivity index (χ3v) is 6.71. The van der Waals surface area contributed by atoms with Gasteiger partial charge in [-0.3, -0.25) is 4.57 Å². The molecule has 0 atom stereocenters. The number of hydrogen-bond acceptors (Lipinski definition) is 4. The molecule has 0 unspecified atom stereocenters. The maximum atomic E-state index is 6.58. The van der Waals surface area contributed by atoms with Crippen LogP contribution in [-0.4, -0.2) is 19.7 Å². The molecule has 32 heavy (non-hydrogen) atoms. The van der Waals surface area contributed by atoms with Gasteiger partial charge in [0.05, 0.1) is 10.7 Å². The van der Waals surface area contributed by atoms with E-state index in [2.05, 4.69) is 21.7 Å². The first-order valence-electron chi connectivity index (χ1n) is 10.7. The second kappa shape index (κ2) is 8.89. The van der Waals surface area contributed by atoms with E-state index in [0.29, 0.717) is 50.7 Å². The number of hydrogen-bond donors (Lipinski definition) is 0. The van der Waals surface area contributed by atoms with Crippen molar-refractivity contribution in [1.82, 2.24) is 19.7 Å². The molecule has 8 heteroatoms. The van der Waals surface area contributed by atoms with Crippen LogP contribution in [0.2, 0.25) is 15.1 Å². The zero-order chi connectivity index (χ0) is 22.2. The number of rotatable bonds is 5. The minimum atomic E-state index is 0.338. The van der Waals surface area contributed by atoms with Gasteiger partial charge in [-0.2, -0.15) is 0 Å². The van der Waals surface area contributed by atoms with Gasteiger partial charge in [-0.25, -0.2) is 4.98 Å². The van der Waals surface area contributed by atoms with Crippen molar-refractivity contribution in [2.75, 3.05) is 0 Å². The van der Waals surface area contributed by atoms with Gasteiger partial charge in [-0.15, -0.1) is 10.2 Å². The highest BCUT2D eigenvalue weighted by atomic mass is 35.5. The predicted molar refractivity (Wildman–Crippen MR) is 128 cm³/mol. The van der Waals surface area contributed by atoms with Crippen LogP contribution in [0.5, 0.6) is 0 Å². The molecule has 5 rings (SSSR count). The van der Waals surface area contributed by atoms with Gasteiger partial charge in [0, 0.05) is 27.2 Å². The highest BCUT2D eigenvalue weighted by Gasteiger charge is 2.27. The van der Waals surface area contributed by atoms with Crippen LogP contribution in [0.1, 0.15) is 50.1 Å². The quantitative estimate of drug-likeness (QED) is 0.288. The Kier molecular flexibility index (Phi) is 5.97. The molecule has 1 fully saturated rings. The molecule has 0 amide bonds. The van der Waals surface area contributed by atoms with Gasteiger partial charge in [-0.1, -0.05) is 54.6 Å². The Labute approximate surface area is 201 Å². The number of nitrogens with zero attached hydrogens (tertiary/aromatic N) is 4. The number of benzene rings is 2. The standard InChI is InChI=1S/C24H21Cl3N4O/c1-2-20-21(24-30-29-23(32-24)14-5-3-4-6-14)28-22(18-12-9-16(26)13-19(18)27)31(20)17-10-7-15(25)8-11-17/h7-14H,2-6H2,1H3. The summed E-state index contributed by atoms with van der Waals surface area (Å²) in [4.78, 5) is 4.96. The number of aromatic nitrogens is 4. The van der Waals surface area contributed by atoms with E-state index in [-0.39, 0.29) is 0 Å². The Morgan fingerprint density at radius 2 is 1.69 bits per heavy atom. The van der Waals surface area contributed by atoms with Crippen LogP contribution in [0.3, 0.4) is 0 Å². The van der Waals surface area contributed by atoms with E-state index in [9.17, 15) is 0 Å².